The van der Waals surface area contributed by atoms with Crippen molar-refractivity contribution in [1.82, 2.24) is 9.97 Å². The van der Waals surface area contributed by atoms with Gasteiger partial charge in [0.1, 0.15) is 5.69 Å². The van der Waals surface area contributed by atoms with Crippen molar-refractivity contribution in [3.8, 4) is 5.88 Å². The second kappa shape index (κ2) is 5.07. The number of hydrogen-bond acceptors (Lipinski definition) is 4. The van der Waals surface area contributed by atoms with Gasteiger partial charge in [-0.3, -0.25) is 0 Å². The van der Waals surface area contributed by atoms with Crippen LogP contribution in [0.4, 0.5) is 0 Å². The van der Waals surface area contributed by atoms with Crippen LogP contribution in [0.15, 0.2) is 18.5 Å². The molecule has 1 heterocycles. The van der Waals surface area contributed by atoms with E-state index in [4.69, 9.17) is 10.5 Å². The average Bonchev–Trinajstić information content (AvgIpc) is 2.54. The molecule has 0 fully saturated rings. The maximum Gasteiger partial charge on any atom is 0.239 e. The summed E-state index contributed by atoms with van der Waals surface area (Å²) in [6, 6.07) is 0.129. The van der Waals surface area contributed by atoms with E-state index in [0.717, 1.165) is 30.5 Å². The van der Waals surface area contributed by atoms with Crippen molar-refractivity contribution in [3.63, 3.8) is 0 Å². The molecule has 0 aromatic carbocycles. The van der Waals surface area contributed by atoms with Crippen LogP contribution >= 0.6 is 0 Å². The van der Waals surface area contributed by atoms with Crippen LogP contribution in [0.5, 0.6) is 5.88 Å². The highest BCUT2D eigenvalue weighted by Gasteiger charge is 2.15. The van der Waals surface area contributed by atoms with E-state index >= 15 is 0 Å². The van der Waals surface area contributed by atoms with Crippen molar-refractivity contribution in [3.05, 3.63) is 24.2 Å². The lowest BCUT2D eigenvalue weighted by Gasteiger charge is -2.09. The quantitative estimate of drug-likeness (QED) is 0.823. The molecule has 0 saturated heterocycles. The van der Waals surface area contributed by atoms with Gasteiger partial charge in [-0.15, -0.1) is 0 Å². The van der Waals surface area contributed by atoms with Crippen LogP contribution in [0.2, 0.25) is 0 Å². The highest BCUT2D eigenvalue weighted by atomic mass is 16.5. The zero-order chi connectivity index (χ0) is 11.4. The molecule has 4 heteroatoms. The van der Waals surface area contributed by atoms with E-state index in [-0.39, 0.29) is 6.04 Å². The highest BCUT2D eigenvalue weighted by molar-refractivity contribution is 5.66. The van der Waals surface area contributed by atoms with Gasteiger partial charge in [-0.05, 0) is 24.8 Å². The zero-order valence-corrected chi connectivity index (χ0v) is 9.52. The van der Waals surface area contributed by atoms with Gasteiger partial charge in [-0.1, -0.05) is 12.5 Å². The number of allylic oxidation sites excluding steroid dienone is 1. The monoisotopic (exact) mass is 219 g/mol. The Morgan fingerprint density at radius 2 is 2.12 bits per heavy atom. The summed E-state index contributed by atoms with van der Waals surface area (Å²) in [5, 5.41) is 0. The van der Waals surface area contributed by atoms with Gasteiger partial charge in [0, 0.05) is 18.4 Å². The Morgan fingerprint density at radius 3 is 2.94 bits per heavy atom. The molecule has 16 heavy (non-hydrogen) atoms. The third-order valence-corrected chi connectivity index (χ3v) is 2.81. The molecule has 0 saturated carbocycles. The minimum Gasteiger partial charge on any atom is -0.479 e. The first-order valence-electron chi connectivity index (χ1n) is 5.63. The van der Waals surface area contributed by atoms with Gasteiger partial charge in [0.05, 0.1) is 7.11 Å². The van der Waals surface area contributed by atoms with Gasteiger partial charge in [-0.2, -0.15) is 0 Å². The van der Waals surface area contributed by atoms with E-state index in [1.54, 1.807) is 19.5 Å². The minimum atomic E-state index is 0.129. The van der Waals surface area contributed by atoms with Crippen LogP contribution < -0.4 is 10.5 Å². The summed E-state index contributed by atoms with van der Waals surface area (Å²) in [7, 11) is 1.62. The van der Waals surface area contributed by atoms with Crippen molar-refractivity contribution in [2.75, 3.05) is 7.11 Å². The third kappa shape index (κ3) is 2.39. The Balaban J connectivity index is 2.34. The Morgan fingerprint density at radius 1 is 1.31 bits per heavy atom. The molecule has 1 aliphatic carbocycles. The fraction of sp³-hybridized carbons (Fsp3) is 0.500. The van der Waals surface area contributed by atoms with Crippen LogP contribution in [-0.4, -0.2) is 23.1 Å². The van der Waals surface area contributed by atoms with Crippen molar-refractivity contribution in [1.29, 1.82) is 0 Å². The molecular formula is C12H17N3O. The van der Waals surface area contributed by atoms with Crippen LogP contribution in [0.1, 0.15) is 31.4 Å². The lowest BCUT2D eigenvalue weighted by Crippen LogP contribution is -2.15. The molecule has 4 nitrogen and oxygen atoms in total. The van der Waals surface area contributed by atoms with E-state index in [1.165, 1.54) is 6.42 Å². The van der Waals surface area contributed by atoms with E-state index in [1.807, 2.05) is 0 Å². The van der Waals surface area contributed by atoms with Crippen LogP contribution in [-0.2, 0) is 0 Å². The first kappa shape index (κ1) is 11.1. The predicted molar refractivity (Wildman–Crippen MR) is 63.0 cm³/mol. The van der Waals surface area contributed by atoms with Crippen LogP contribution in [0.25, 0.3) is 5.57 Å². The first-order chi connectivity index (χ1) is 7.81. The van der Waals surface area contributed by atoms with Crippen LogP contribution in [0.3, 0.4) is 0 Å². The Bertz CT molecular complexity index is 390. The van der Waals surface area contributed by atoms with E-state index in [0.29, 0.717) is 5.88 Å². The van der Waals surface area contributed by atoms with E-state index < -0.39 is 0 Å². The fourth-order valence-electron chi connectivity index (χ4n) is 2.01. The van der Waals surface area contributed by atoms with Gasteiger partial charge >= 0.3 is 0 Å². The number of methoxy groups -OCH3 is 1. The molecule has 0 radical (unpaired) electrons. The van der Waals surface area contributed by atoms with Crippen LogP contribution in [0, 0.1) is 0 Å². The zero-order valence-electron chi connectivity index (χ0n) is 9.52. The van der Waals surface area contributed by atoms with Gasteiger partial charge in [0.2, 0.25) is 5.88 Å². The summed E-state index contributed by atoms with van der Waals surface area (Å²) in [5.74, 6) is 0.586. The summed E-state index contributed by atoms with van der Waals surface area (Å²) in [6.45, 7) is 0. The Kier molecular flexibility index (Phi) is 3.51. The summed E-state index contributed by atoms with van der Waals surface area (Å²) >= 11 is 0. The lowest BCUT2D eigenvalue weighted by molar-refractivity contribution is 0.394. The molecule has 2 N–H and O–H groups in total. The summed E-state index contributed by atoms with van der Waals surface area (Å²) in [5.41, 5.74) is 7.99. The molecule has 86 valence electrons. The molecule has 1 aliphatic rings. The van der Waals surface area contributed by atoms with Crippen molar-refractivity contribution in [2.45, 2.75) is 31.7 Å². The average molecular weight is 219 g/mol. The highest BCUT2D eigenvalue weighted by Crippen LogP contribution is 2.28. The molecular weight excluding hydrogens is 202 g/mol. The molecule has 1 aromatic heterocycles. The maximum absolute atomic E-state index is 5.99. The molecule has 0 spiro atoms. The van der Waals surface area contributed by atoms with Crippen molar-refractivity contribution >= 4 is 5.57 Å². The van der Waals surface area contributed by atoms with Gasteiger partial charge < -0.3 is 10.5 Å². The topological polar surface area (TPSA) is 61.0 Å². The number of ether oxygens (including phenoxy) is 1. The van der Waals surface area contributed by atoms with E-state index in [2.05, 4.69) is 16.0 Å². The molecule has 0 aliphatic heterocycles. The number of rotatable bonds is 2. The van der Waals surface area contributed by atoms with Crippen molar-refractivity contribution < 1.29 is 4.74 Å². The second-order valence-corrected chi connectivity index (χ2v) is 4.02. The number of nitrogens with zero attached hydrogens (tertiary/aromatic N) is 2. The summed E-state index contributed by atoms with van der Waals surface area (Å²) in [4.78, 5) is 8.50. The third-order valence-electron chi connectivity index (χ3n) is 2.81. The normalized spacial score (nSPS) is 21.1. The summed E-state index contributed by atoms with van der Waals surface area (Å²) in [6.07, 6.45) is 9.80. The number of hydrogen-bond donors (Lipinski definition) is 1. The molecule has 0 amide bonds. The first-order valence-corrected chi connectivity index (χ1v) is 5.63. The van der Waals surface area contributed by atoms with E-state index in [9.17, 15) is 0 Å². The fourth-order valence-corrected chi connectivity index (χ4v) is 2.01. The standard InChI is InChI=1S/C12H17N3O/c1-16-12-11(14-6-7-15-12)9-4-2-3-5-10(13)8-9/h6-8,10H,2-5,13H2,1H3. The second-order valence-electron chi connectivity index (χ2n) is 4.02. The Hall–Kier alpha value is -1.42. The van der Waals surface area contributed by atoms with Gasteiger partial charge in [0.25, 0.3) is 0 Å². The SMILES string of the molecule is COc1nccnc1C1=CC(N)CCCC1. The van der Waals surface area contributed by atoms with Gasteiger partial charge in [-0.25, -0.2) is 9.97 Å². The predicted octanol–water partition coefficient (Wildman–Crippen LogP) is 1.77. The molecule has 1 atom stereocenters. The minimum absolute atomic E-state index is 0.129. The lowest BCUT2D eigenvalue weighted by atomic mass is 10.1. The van der Waals surface area contributed by atoms with Gasteiger partial charge in [0.15, 0.2) is 0 Å². The largest absolute Gasteiger partial charge is 0.479 e. The maximum atomic E-state index is 5.99. The number of nitrogens with two attached hydrogens (primary N) is 1. The Labute approximate surface area is 95.5 Å². The van der Waals surface area contributed by atoms with Crippen molar-refractivity contribution in [2.24, 2.45) is 5.73 Å². The molecule has 1 unspecified atom stereocenters. The molecule has 1 aromatic rings. The molecule has 2 rings (SSSR count). The molecule has 0 bridgehead atoms. The number of aromatic nitrogens is 2. The smallest absolute Gasteiger partial charge is 0.239 e. The summed E-state index contributed by atoms with van der Waals surface area (Å²) < 4.78 is 5.22.